The third kappa shape index (κ3) is 9.70. The number of benzene rings is 2. The SMILES string of the molecule is CC(C)C(NC(=O)c1nn(CCCC(O)CF)c2ccc(NC(=O)C(NC(=O)c3cn(CCCC(O)CF)c4ccccc34)C(C)C)cc12)C(N)=O. The van der Waals surface area contributed by atoms with Gasteiger partial charge in [-0.2, -0.15) is 5.10 Å². The van der Waals surface area contributed by atoms with E-state index in [4.69, 9.17) is 5.73 Å². The third-order valence-electron chi connectivity index (χ3n) is 8.96. The van der Waals surface area contributed by atoms with Crippen molar-refractivity contribution in [3.63, 3.8) is 0 Å². The average Bonchev–Trinajstić information content (AvgIpc) is 3.67. The zero-order valence-corrected chi connectivity index (χ0v) is 29.9. The molecule has 4 rings (SSSR count). The standard InChI is InChI=1S/C37H49F2N7O6/c1-21(2)31(34(40)49)42-37(52)33-27-17-23(13-14-30(27)46(44-33)16-8-10-25(48)19-39)41-36(51)32(22(3)4)43-35(50)28-20-45(15-7-9-24(47)18-38)29-12-6-5-11-26(28)29/h5-6,11-14,17,20-22,24-25,31-32,47-48H,7-10,15-16,18-19H2,1-4H3,(H2,40,49)(H,41,51)(H,42,52)(H,43,50). The zero-order valence-electron chi connectivity index (χ0n) is 29.9. The van der Waals surface area contributed by atoms with Gasteiger partial charge in [0.1, 0.15) is 25.4 Å². The lowest BCUT2D eigenvalue weighted by Crippen LogP contribution is -2.47. The summed E-state index contributed by atoms with van der Waals surface area (Å²) in [5.74, 6) is -2.95. The van der Waals surface area contributed by atoms with Crippen LogP contribution in [-0.4, -0.2) is 85.8 Å². The lowest BCUT2D eigenvalue weighted by molar-refractivity contribution is -0.121. The first kappa shape index (κ1) is 39.9. The summed E-state index contributed by atoms with van der Waals surface area (Å²) in [6.45, 7) is 6.08. The van der Waals surface area contributed by atoms with E-state index in [9.17, 15) is 38.2 Å². The highest BCUT2D eigenvalue weighted by molar-refractivity contribution is 6.10. The zero-order chi connectivity index (χ0) is 38.1. The van der Waals surface area contributed by atoms with Crippen LogP contribution in [0.15, 0.2) is 48.7 Å². The maximum atomic E-state index is 13.7. The molecule has 0 aliphatic heterocycles. The number of alkyl halides is 2. The molecule has 15 heteroatoms. The molecule has 52 heavy (non-hydrogen) atoms. The number of halogens is 2. The van der Waals surface area contributed by atoms with Gasteiger partial charge < -0.3 is 36.5 Å². The Morgan fingerprint density at radius 2 is 1.42 bits per heavy atom. The molecule has 2 aromatic heterocycles. The monoisotopic (exact) mass is 725 g/mol. The van der Waals surface area contributed by atoms with E-state index in [0.29, 0.717) is 46.9 Å². The minimum absolute atomic E-state index is 0.0201. The van der Waals surface area contributed by atoms with E-state index >= 15 is 0 Å². The molecule has 4 unspecified atom stereocenters. The summed E-state index contributed by atoms with van der Waals surface area (Å²) in [7, 11) is 0. The predicted molar refractivity (Wildman–Crippen MR) is 194 cm³/mol. The Bertz CT molecular complexity index is 1870. The van der Waals surface area contributed by atoms with E-state index in [2.05, 4.69) is 21.0 Å². The molecular weight excluding hydrogens is 676 g/mol. The molecule has 0 aliphatic carbocycles. The Balaban J connectivity index is 1.58. The maximum absolute atomic E-state index is 13.7. The number of hydrogen-bond acceptors (Lipinski definition) is 7. The second kappa shape index (κ2) is 18.0. The van der Waals surface area contributed by atoms with Gasteiger partial charge in [0.15, 0.2) is 5.69 Å². The molecule has 4 atom stereocenters. The molecule has 13 nitrogen and oxygen atoms in total. The minimum atomic E-state index is -1.12. The highest BCUT2D eigenvalue weighted by Crippen LogP contribution is 2.26. The Hall–Kier alpha value is -4.89. The number of fused-ring (bicyclic) bond motifs is 2. The van der Waals surface area contributed by atoms with E-state index < -0.39 is 61.3 Å². The van der Waals surface area contributed by atoms with Crippen molar-refractivity contribution in [1.82, 2.24) is 25.0 Å². The number of primary amides is 1. The summed E-state index contributed by atoms with van der Waals surface area (Å²) in [4.78, 5) is 52.9. The van der Waals surface area contributed by atoms with Gasteiger partial charge in [-0.25, -0.2) is 8.78 Å². The van der Waals surface area contributed by atoms with Crippen LogP contribution in [0.2, 0.25) is 0 Å². The van der Waals surface area contributed by atoms with Crippen LogP contribution in [-0.2, 0) is 22.7 Å². The minimum Gasteiger partial charge on any atom is -0.390 e. The second-order valence-corrected chi connectivity index (χ2v) is 13.7. The van der Waals surface area contributed by atoms with Crippen molar-refractivity contribution in [2.45, 2.75) is 90.8 Å². The first-order valence-electron chi connectivity index (χ1n) is 17.5. The fourth-order valence-corrected chi connectivity index (χ4v) is 6.09. The number of aliphatic hydroxyl groups excluding tert-OH is 2. The molecule has 0 aliphatic rings. The number of nitrogens with zero attached hydrogens (tertiary/aromatic N) is 3. The Labute approximate surface area is 300 Å². The first-order valence-corrected chi connectivity index (χ1v) is 17.5. The Morgan fingerprint density at radius 3 is 2.04 bits per heavy atom. The van der Waals surface area contributed by atoms with Crippen molar-refractivity contribution >= 4 is 51.1 Å². The summed E-state index contributed by atoms with van der Waals surface area (Å²) < 4.78 is 29.0. The molecular formula is C37H49F2N7O6. The highest BCUT2D eigenvalue weighted by Gasteiger charge is 2.28. The largest absolute Gasteiger partial charge is 0.390 e. The molecule has 282 valence electrons. The van der Waals surface area contributed by atoms with Gasteiger partial charge in [-0.1, -0.05) is 45.9 Å². The topological polar surface area (TPSA) is 194 Å². The van der Waals surface area contributed by atoms with Crippen molar-refractivity contribution in [1.29, 1.82) is 0 Å². The maximum Gasteiger partial charge on any atom is 0.273 e. The highest BCUT2D eigenvalue weighted by atomic mass is 19.1. The molecule has 0 spiro atoms. The fourth-order valence-electron chi connectivity index (χ4n) is 6.09. The van der Waals surface area contributed by atoms with Crippen LogP contribution < -0.4 is 21.7 Å². The van der Waals surface area contributed by atoms with Crippen molar-refractivity contribution in [3.05, 3.63) is 59.9 Å². The number of anilines is 1. The number of carbonyl (C=O) groups excluding carboxylic acids is 4. The summed E-state index contributed by atoms with van der Waals surface area (Å²) in [6, 6.07) is 10.3. The lowest BCUT2D eigenvalue weighted by atomic mass is 10.0. The number of nitrogens with two attached hydrogens (primary N) is 1. The normalized spacial score (nSPS) is 14.0. The molecule has 2 heterocycles. The molecule has 0 saturated carbocycles. The number of rotatable bonds is 19. The number of aryl methyl sites for hydroxylation is 2. The van der Waals surface area contributed by atoms with Crippen molar-refractivity contribution in [2.75, 3.05) is 18.7 Å². The van der Waals surface area contributed by atoms with Crippen LogP contribution in [0.25, 0.3) is 21.8 Å². The fraction of sp³-hybridized carbons (Fsp3) is 0.486. The van der Waals surface area contributed by atoms with Gasteiger partial charge in [0, 0.05) is 41.3 Å². The Kier molecular flexibility index (Phi) is 13.8. The summed E-state index contributed by atoms with van der Waals surface area (Å²) in [5.41, 5.74) is 7.50. The summed E-state index contributed by atoms with van der Waals surface area (Å²) in [6.07, 6.45) is 0.857. The molecule has 0 radical (unpaired) electrons. The van der Waals surface area contributed by atoms with Crippen LogP contribution in [0.1, 0.15) is 74.2 Å². The van der Waals surface area contributed by atoms with E-state index in [1.165, 1.54) is 0 Å². The summed E-state index contributed by atoms with van der Waals surface area (Å²) >= 11 is 0. The molecule has 7 N–H and O–H groups in total. The van der Waals surface area contributed by atoms with Gasteiger partial charge in [0.2, 0.25) is 11.8 Å². The average molecular weight is 726 g/mol. The van der Waals surface area contributed by atoms with Crippen molar-refractivity contribution in [2.24, 2.45) is 17.6 Å². The van der Waals surface area contributed by atoms with Crippen molar-refractivity contribution < 1.29 is 38.2 Å². The number of aliphatic hydroxyl groups is 2. The van der Waals surface area contributed by atoms with Crippen LogP contribution in [0.3, 0.4) is 0 Å². The van der Waals surface area contributed by atoms with Gasteiger partial charge in [0.25, 0.3) is 11.8 Å². The van der Waals surface area contributed by atoms with Gasteiger partial charge in [-0.3, -0.25) is 23.9 Å². The van der Waals surface area contributed by atoms with Crippen LogP contribution in [0.5, 0.6) is 0 Å². The van der Waals surface area contributed by atoms with Crippen LogP contribution in [0.4, 0.5) is 14.5 Å². The van der Waals surface area contributed by atoms with Crippen LogP contribution in [0, 0.1) is 11.8 Å². The first-order chi connectivity index (χ1) is 24.7. The third-order valence-corrected chi connectivity index (χ3v) is 8.96. The van der Waals surface area contributed by atoms with Gasteiger partial charge in [0.05, 0.1) is 23.3 Å². The van der Waals surface area contributed by atoms with Gasteiger partial charge >= 0.3 is 0 Å². The van der Waals surface area contributed by atoms with E-state index in [1.807, 2.05) is 16.7 Å². The molecule has 0 saturated heterocycles. The number of hydrogen-bond donors (Lipinski definition) is 6. The molecule has 4 amide bonds. The number of para-hydroxylation sites is 1. The lowest BCUT2D eigenvalue weighted by Gasteiger charge is -2.22. The smallest absolute Gasteiger partial charge is 0.273 e. The van der Waals surface area contributed by atoms with E-state index in [1.54, 1.807) is 68.9 Å². The number of aromatic nitrogens is 3. The number of nitrogens with one attached hydrogen (secondary N) is 3. The predicted octanol–water partition coefficient (Wildman–Crippen LogP) is 3.85. The van der Waals surface area contributed by atoms with E-state index in [-0.39, 0.29) is 36.9 Å². The van der Waals surface area contributed by atoms with Gasteiger partial charge in [-0.15, -0.1) is 0 Å². The summed E-state index contributed by atoms with van der Waals surface area (Å²) in [5, 5.41) is 33.2. The molecule has 4 aromatic rings. The van der Waals surface area contributed by atoms with E-state index in [0.717, 1.165) is 5.52 Å². The Morgan fingerprint density at radius 1 is 0.808 bits per heavy atom. The molecule has 2 aromatic carbocycles. The quantitative estimate of drug-likeness (QED) is 0.0845. The molecule has 0 bridgehead atoms. The number of carbonyl (C=O) groups is 4. The second-order valence-electron chi connectivity index (χ2n) is 13.7. The molecule has 0 fully saturated rings. The number of amides is 4. The van der Waals surface area contributed by atoms with Gasteiger partial charge in [-0.05, 0) is 61.8 Å². The van der Waals surface area contributed by atoms with Crippen molar-refractivity contribution in [3.8, 4) is 0 Å². The van der Waals surface area contributed by atoms with Crippen LogP contribution >= 0.6 is 0 Å².